The van der Waals surface area contributed by atoms with Crippen LogP contribution >= 0.6 is 0 Å². The molecule has 0 N–H and O–H groups in total. The monoisotopic (exact) mass is 204 g/mol. The van der Waals surface area contributed by atoms with Gasteiger partial charge in [0.25, 0.3) is 0 Å². The standard InChI is InChI=1S/C12H16N2O/c1-9(2)14-8-10-4-3-7-13-11(10)5-6-12(14)15/h3-4,7,9H,5-6,8H2,1-2H3. The maximum atomic E-state index is 11.8. The Kier molecular flexibility index (Phi) is 2.71. The van der Waals surface area contributed by atoms with Gasteiger partial charge in [-0.2, -0.15) is 0 Å². The van der Waals surface area contributed by atoms with Gasteiger partial charge in [0.1, 0.15) is 0 Å². The maximum Gasteiger partial charge on any atom is 0.223 e. The summed E-state index contributed by atoms with van der Waals surface area (Å²) in [6.07, 6.45) is 3.16. The third-order valence-corrected chi connectivity index (χ3v) is 2.84. The van der Waals surface area contributed by atoms with Gasteiger partial charge in [-0.25, -0.2) is 0 Å². The van der Waals surface area contributed by atoms with Crippen LogP contribution in [0, 0.1) is 0 Å². The number of rotatable bonds is 1. The van der Waals surface area contributed by atoms with Crippen LogP contribution in [0.3, 0.4) is 0 Å². The van der Waals surface area contributed by atoms with Crippen LogP contribution in [0.2, 0.25) is 0 Å². The Morgan fingerprint density at radius 2 is 2.20 bits per heavy atom. The van der Waals surface area contributed by atoms with Crippen molar-refractivity contribution >= 4 is 5.91 Å². The van der Waals surface area contributed by atoms with Crippen LogP contribution in [-0.2, 0) is 17.8 Å². The quantitative estimate of drug-likeness (QED) is 0.698. The summed E-state index contributed by atoms with van der Waals surface area (Å²) in [5.41, 5.74) is 2.27. The molecule has 1 aliphatic rings. The van der Waals surface area contributed by atoms with E-state index in [1.807, 2.05) is 11.0 Å². The first-order valence-corrected chi connectivity index (χ1v) is 5.40. The lowest BCUT2D eigenvalue weighted by atomic mass is 10.1. The molecule has 0 spiro atoms. The number of carbonyl (C=O) groups is 1. The summed E-state index contributed by atoms with van der Waals surface area (Å²) in [5, 5.41) is 0. The number of hydrogen-bond donors (Lipinski definition) is 0. The fourth-order valence-corrected chi connectivity index (χ4v) is 1.95. The first-order chi connectivity index (χ1) is 7.18. The van der Waals surface area contributed by atoms with Gasteiger partial charge < -0.3 is 4.90 Å². The van der Waals surface area contributed by atoms with E-state index in [9.17, 15) is 4.79 Å². The SMILES string of the molecule is CC(C)N1Cc2cccnc2CCC1=O. The van der Waals surface area contributed by atoms with Gasteiger partial charge in [0, 0.05) is 30.9 Å². The van der Waals surface area contributed by atoms with E-state index in [0.29, 0.717) is 13.0 Å². The van der Waals surface area contributed by atoms with E-state index in [1.54, 1.807) is 6.20 Å². The first kappa shape index (κ1) is 10.1. The van der Waals surface area contributed by atoms with E-state index in [0.717, 1.165) is 12.1 Å². The molecule has 15 heavy (non-hydrogen) atoms. The summed E-state index contributed by atoms with van der Waals surface area (Å²) >= 11 is 0. The molecular weight excluding hydrogens is 188 g/mol. The minimum Gasteiger partial charge on any atom is -0.336 e. The van der Waals surface area contributed by atoms with Gasteiger partial charge in [-0.1, -0.05) is 6.07 Å². The molecular formula is C12H16N2O. The second-order valence-electron chi connectivity index (χ2n) is 4.22. The number of aryl methyl sites for hydroxylation is 1. The number of aromatic nitrogens is 1. The number of amides is 1. The molecule has 0 aliphatic carbocycles. The Balaban J connectivity index is 2.31. The zero-order valence-corrected chi connectivity index (χ0v) is 9.23. The van der Waals surface area contributed by atoms with E-state index in [-0.39, 0.29) is 11.9 Å². The van der Waals surface area contributed by atoms with E-state index in [1.165, 1.54) is 5.56 Å². The molecule has 0 atom stereocenters. The molecule has 0 aromatic carbocycles. The minimum atomic E-state index is 0.239. The molecule has 0 saturated carbocycles. The highest BCUT2D eigenvalue weighted by Crippen LogP contribution is 2.18. The van der Waals surface area contributed by atoms with Gasteiger partial charge in [0.15, 0.2) is 0 Å². The smallest absolute Gasteiger partial charge is 0.223 e. The Morgan fingerprint density at radius 3 is 2.93 bits per heavy atom. The summed E-state index contributed by atoms with van der Waals surface area (Å²) in [7, 11) is 0. The highest BCUT2D eigenvalue weighted by atomic mass is 16.2. The molecule has 3 nitrogen and oxygen atoms in total. The van der Waals surface area contributed by atoms with E-state index >= 15 is 0 Å². The predicted octanol–water partition coefficient (Wildman–Crippen LogP) is 1.76. The number of carbonyl (C=O) groups excluding carboxylic acids is 1. The van der Waals surface area contributed by atoms with Crippen LogP contribution in [0.4, 0.5) is 0 Å². The lowest BCUT2D eigenvalue weighted by molar-refractivity contribution is -0.133. The van der Waals surface area contributed by atoms with Crippen LogP contribution in [0.1, 0.15) is 31.5 Å². The topological polar surface area (TPSA) is 33.2 Å². The molecule has 0 radical (unpaired) electrons. The third kappa shape index (κ3) is 2.01. The van der Waals surface area contributed by atoms with Crippen molar-refractivity contribution in [3.63, 3.8) is 0 Å². The largest absolute Gasteiger partial charge is 0.336 e. The second-order valence-corrected chi connectivity index (χ2v) is 4.22. The van der Waals surface area contributed by atoms with E-state index < -0.39 is 0 Å². The molecule has 1 aliphatic heterocycles. The summed E-state index contributed by atoms with van der Waals surface area (Å²) in [6.45, 7) is 4.82. The van der Waals surface area contributed by atoms with E-state index in [2.05, 4.69) is 24.9 Å². The molecule has 0 unspecified atom stereocenters. The Morgan fingerprint density at radius 1 is 1.40 bits per heavy atom. The van der Waals surface area contributed by atoms with Gasteiger partial charge in [-0.3, -0.25) is 9.78 Å². The molecule has 2 heterocycles. The summed E-state index contributed by atoms with van der Waals surface area (Å²) in [4.78, 5) is 18.1. The molecule has 1 aromatic heterocycles. The van der Waals surface area contributed by atoms with Gasteiger partial charge in [0.2, 0.25) is 5.91 Å². The van der Waals surface area contributed by atoms with Crippen molar-refractivity contribution in [2.24, 2.45) is 0 Å². The third-order valence-electron chi connectivity index (χ3n) is 2.84. The van der Waals surface area contributed by atoms with Gasteiger partial charge in [0.05, 0.1) is 0 Å². The molecule has 3 heteroatoms. The Hall–Kier alpha value is -1.38. The number of pyridine rings is 1. The molecule has 2 rings (SSSR count). The fourth-order valence-electron chi connectivity index (χ4n) is 1.95. The summed E-state index contributed by atoms with van der Waals surface area (Å²) in [5.74, 6) is 0.239. The highest BCUT2D eigenvalue weighted by molar-refractivity contribution is 5.77. The normalized spacial score (nSPS) is 16.5. The molecule has 1 amide bonds. The predicted molar refractivity (Wildman–Crippen MR) is 58.2 cm³/mol. The maximum absolute atomic E-state index is 11.8. The van der Waals surface area contributed by atoms with Gasteiger partial charge in [-0.15, -0.1) is 0 Å². The van der Waals surface area contributed by atoms with Crippen molar-refractivity contribution in [1.29, 1.82) is 0 Å². The molecule has 0 bridgehead atoms. The second kappa shape index (κ2) is 4.01. The average molecular weight is 204 g/mol. The van der Waals surface area contributed by atoms with Crippen molar-refractivity contribution in [2.75, 3.05) is 0 Å². The zero-order chi connectivity index (χ0) is 10.8. The Labute approximate surface area is 90.1 Å². The zero-order valence-electron chi connectivity index (χ0n) is 9.23. The minimum absolute atomic E-state index is 0.239. The van der Waals surface area contributed by atoms with Crippen LogP contribution < -0.4 is 0 Å². The van der Waals surface area contributed by atoms with Crippen LogP contribution in [0.15, 0.2) is 18.3 Å². The first-order valence-electron chi connectivity index (χ1n) is 5.40. The molecule has 80 valence electrons. The number of nitrogens with zero attached hydrogens (tertiary/aromatic N) is 2. The number of hydrogen-bond acceptors (Lipinski definition) is 2. The van der Waals surface area contributed by atoms with Gasteiger partial charge in [-0.05, 0) is 31.9 Å². The van der Waals surface area contributed by atoms with Crippen molar-refractivity contribution in [2.45, 2.75) is 39.3 Å². The highest BCUT2D eigenvalue weighted by Gasteiger charge is 2.22. The lowest BCUT2D eigenvalue weighted by Gasteiger charge is -2.25. The van der Waals surface area contributed by atoms with Gasteiger partial charge >= 0.3 is 0 Å². The fraction of sp³-hybridized carbons (Fsp3) is 0.500. The molecule has 1 aromatic rings. The van der Waals surface area contributed by atoms with Crippen LogP contribution in [-0.4, -0.2) is 21.8 Å². The lowest BCUT2D eigenvalue weighted by Crippen LogP contribution is -2.35. The molecule has 0 fully saturated rings. The summed E-state index contributed by atoms with van der Waals surface area (Å²) < 4.78 is 0. The van der Waals surface area contributed by atoms with Crippen molar-refractivity contribution in [1.82, 2.24) is 9.88 Å². The summed E-state index contributed by atoms with van der Waals surface area (Å²) in [6, 6.07) is 4.27. The number of fused-ring (bicyclic) bond motifs is 1. The Bertz CT molecular complexity index is 374. The van der Waals surface area contributed by atoms with Crippen molar-refractivity contribution < 1.29 is 4.79 Å². The van der Waals surface area contributed by atoms with E-state index in [4.69, 9.17) is 0 Å². The average Bonchev–Trinajstić information content (AvgIpc) is 2.39. The van der Waals surface area contributed by atoms with Crippen LogP contribution in [0.5, 0.6) is 0 Å². The van der Waals surface area contributed by atoms with Crippen LogP contribution in [0.25, 0.3) is 0 Å². The van der Waals surface area contributed by atoms with Crippen molar-refractivity contribution in [3.8, 4) is 0 Å². The van der Waals surface area contributed by atoms with Crippen molar-refractivity contribution in [3.05, 3.63) is 29.6 Å². The molecule has 0 saturated heterocycles.